The Labute approximate surface area is 195 Å². The minimum absolute atomic E-state index is 0.0229. The van der Waals surface area contributed by atoms with E-state index in [2.05, 4.69) is 15.5 Å². The number of aliphatic hydroxyl groups is 1. The van der Waals surface area contributed by atoms with Gasteiger partial charge in [0.1, 0.15) is 11.3 Å². The predicted octanol–water partition coefficient (Wildman–Crippen LogP) is 2.44. The number of likely N-dealkylation sites (tertiary alicyclic amines) is 1. The molecular formula is C26H37N5O2. The molecule has 2 aromatic rings. The highest BCUT2D eigenvalue weighted by atomic mass is 16.3. The zero-order valence-electron chi connectivity index (χ0n) is 19.5. The average Bonchev–Trinajstić information content (AvgIpc) is 3.41. The molecule has 7 heteroatoms. The van der Waals surface area contributed by atoms with Gasteiger partial charge in [-0.3, -0.25) is 14.1 Å². The van der Waals surface area contributed by atoms with E-state index >= 15 is 0 Å². The lowest BCUT2D eigenvalue weighted by Gasteiger charge is -2.56. The van der Waals surface area contributed by atoms with Crippen LogP contribution in [0.5, 0.6) is 0 Å². The van der Waals surface area contributed by atoms with E-state index in [-0.39, 0.29) is 12.5 Å². The molecular weight excluding hydrogens is 414 g/mol. The number of nitrogens with one attached hydrogen (secondary N) is 2. The van der Waals surface area contributed by atoms with Gasteiger partial charge in [0.15, 0.2) is 0 Å². The second kappa shape index (κ2) is 8.67. The summed E-state index contributed by atoms with van der Waals surface area (Å²) in [5, 5.41) is 15.7. The number of amides is 1. The summed E-state index contributed by atoms with van der Waals surface area (Å²) in [6.07, 6.45) is 11.3. The number of aromatic nitrogens is 2. The molecule has 7 rings (SSSR count). The van der Waals surface area contributed by atoms with Crippen molar-refractivity contribution in [2.45, 2.75) is 57.5 Å². The Morgan fingerprint density at radius 1 is 1.15 bits per heavy atom. The summed E-state index contributed by atoms with van der Waals surface area (Å²) in [7, 11) is 0. The summed E-state index contributed by atoms with van der Waals surface area (Å²) in [5.74, 6) is 2.72. The van der Waals surface area contributed by atoms with Crippen molar-refractivity contribution in [3.63, 3.8) is 0 Å². The SMILES string of the molecule is O=C(NCC12CC3CC(CC(C3)C1)C2)c1cccc2nc(CN3CC[C@@H](NCCO)C3)cn12. The van der Waals surface area contributed by atoms with Gasteiger partial charge in [-0.2, -0.15) is 0 Å². The molecule has 0 unspecified atom stereocenters. The lowest BCUT2D eigenvalue weighted by atomic mass is 9.49. The molecule has 178 valence electrons. The van der Waals surface area contributed by atoms with Crippen LogP contribution in [0.4, 0.5) is 0 Å². The number of fused-ring (bicyclic) bond motifs is 1. The molecule has 33 heavy (non-hydrogen) atoms. The maximum atomic E-state index is 13.3. The molecule has 0 aromatic carbocycles. The highest BCUT2D eigenvalue weighted by Crippen LogP contribution is 2.59. The molecule has 5 aliphatic rings. The summed E-state index contributed by atoms with van der Waals surface area (Å²) in [4.78, 5) is 20.4. The topological polar surface area (TPSA) is 81.9 Å². The Hall–Kier alpha value is -1.96. The summed E-state index contributed by atoms with van der Waals surface area (Å²) in [6, 6.07) is 6.27. The van der Waals surface area contributed by atoms with Gasteiger partial charge >= 0.3 is 0 Å². The molecule has 5 fully saturated rings. The molecule has 0 spiro atoms. The first-order valence-corrected chi connectivity index (χ1v) is 12.9. The van der Waals surface area contributed by atoms with Crippen molar-refractivity contribution in [3.05, 3.63) is 35.8 Å². The van der Waals surface area contributed by atoms with E-state index in [4.69, 9.17) is 10.1 Å². The van der Waals surface area contributed by atoms with Crippen LogP contribution < -0.4 is 10.6 Å². The molecule has 4 aliphatic carbocycles. The average molecular weight is 452 g/mol. The first kappa shape index (κ1) is 21.6. The monoisotopic (exact) mass is 451 g/mol. The number of carbonyl (C=O) groups excluding carboxylic acids is 1. The van der Waals surface area contributed by atoms with E-state index < -0.39 is 0 Å². The maximum absolute atomic E-state index is 13.3. The first-order valence-electron chi connectivity index (χ1n) is 12.9. The molecule has 0 radical (unpaired) electrons. The molecule has 3 N–H and O–H groups in total. The van der Waals surface area contributed by atoms with Crippen LogP contribution in [0.3, 0.4) is 0 Å². The van der Waals surface area contributed by atoms with Gasteiger partial charge in [-0.15, -0.1) is 0 Å². The third-order valence-electron chi connectivity index (χ3n) is 8.77. The van der Waals surface area contributed by atoms with Crippen molar-refractivity contribution in [2.24, 2.45) is 23.2 Å². The number of rotatable bonds is 8. The van der Waals surface area contributed by atoms with Crippen LogP contribution in [0.2, 0.25) is 0 Å². The fourth-order valence-corrected chi connectivity index (χ4v) is 7.83. The summed E-state index contributed by atoms with van der Waals surface area (Å²) >= 11 is 0. The summed E-state index contributed by atoms with van der Waals surface area (Å²) in [6.45, 7) is 4.42. The molecule has 3 heterocycles. The van der Waals surface area contributed by atoms with E-state index in [0.29, 0.717) is 23.7 Å². The van der Waals surface area contributed by atoms with E-state index in [0.717, 1.165) is 61.7 Å². The van der Waals surface area contributed by atoms with Crippen LogP contribution in [0, 0.1) is 23.2 Å². The Morgan fingerprint density at radius 3 is 2.64 bits per heavy atom. The number of nitrogens with zero attached hydrogens (tertiary/aromatic N) is 3. The molecule has 4 bridgehead atoms. The second-order valence-corrected chi connectivity index (χ2v) is 11.4. The van der Waals surface area contributed by atoms with Crippen LogP contribution >= 0.6 is 0 Å². The number of pyridine rings is 1. The lowest BCUT2D eigenvalue weighted by molar-refractivity contribution is -0.0503. The van der Waals surface area contributed by atoms with Gasteiger partial charge in [0.25, 0.3) is 5.91 Å². The third kappa shape index (κ3) is 4.31. The van der Waals surface area contributed by atoms with Crippen LogP contribution in [-0.4, -0.2) is 64.1 Å². The van der Waals surface area contributed by atoms with E-state index in [1.54, 1.807) is 0 Å². The first-order chi connectivity index (χ1) is 16.1. The number of hydrogen-bond acceptors (Lipinski definition) is 5. The highest BCUT2D eigenvalue weighted by molar-refractivity contribution is 5.93. The standard InChI is InChI=1S/C26H37N5O2/c32-7-5-27-21-4-6-30(14-21)15-22-16-31-23(2-1-3-24(31)29-22)25(33)28-17-26-11-18-8-19(12-26)10-20(9-18)13-26/h1-3,16,18-21,27,32H,4-15,17H2,(H,28,33)/t18?,19?,20?,21-,26?/m1/s1. The van der Waals surface area contributed by atoms with Gasteiger partial charge in [-0.05, 0) is 80.2 Å². The fourth-order valence-electron chi connectivity index (χ4n) is 7.83. The zero-order chi connectivity index (χ0) is 22.4. The van der Waals surface area contributed by atoms with Gasteiger partial charge in [0.2, 0.25) is 0 Å². The largest absolute Gasteiger partial charge is 0.395 e. The molecule has 2 aromatic heterocycles. The second-order valence-electron chi connectivity index (χ2n) is 11.4. The van der Waals surface area contributed by atoms with Crippen LogP contribution in [0.15, 0.2) is 24.4 Å². The van der Waals surface area contributed by atoms with Crippen molar-refractivity contribution in [2.75, 3.05) is 32.8 Å². The van der Waals surface area contributed by atoms with Gasteiger partial charge in [0, 0.05) is 45.0 Å². The van der Waals surface area contributed by atoms with Gasteiger partial charge in [-0.1, -0.05) is 6.07 Å². The molecule has 1 atom stereocenters. The highest BCUT2D eigenvalue weighted by Gasteiger charge is 2.50. The molecule has 1 aliphatic heterocycles. The predicted molar refractivity (Wildman–Crippen MR) is 127 cm³/mol. The Morgan fingerprint density at radius 2 is 1.91 bits per heavy atom. The minimum atomic E-state index is 0.0229. The van der Waals surface area contributed by atoms with Crippen molar-refractivity contribution >= 4 is 11.6 Å². The maximum Gasteiger partial charge on any atom is 0.268 e. The Balaban J connectivity index is 1.12. The number of hydrogen-bond donors (Lipinski definition) is 3. The van der Waals surface area contributed by atoms with Crippen LogP contribution in [-0.2, 0) is 6.54 Å². The van der Waals surface area contributed by atoms with Gasteiger partial charge in [-0.25, -0.2) is 4.98 Å². The molecule has 4 saturated carbocycles. The van der Waals surface area contributed by atoms with E-state index in [1.165, 1.54) is 38.5 Å². The lowest BCUT2D eigenvalue weighted by Crippen LogP contribution is -2.51. The van der Waals surface area contributed by atoms with Crippen molar-refractivity contribution in [3.8, 4) is 0 Å². The zero-order valence-corrected chi connectivity index (χ0v) is 19.5. The summed E-state index contributed by atoms with van der Waals surface area (Å²) in [5.41, 5.74) is 2.86. The third-order valence-corrected chi connectivity index (χ3v) is 8.77. The normalized spacial score (nSPS) is 33.2. The fraction of sp³-hybridized carbons (Fsp3) is 0.692. The van der Waals surface area contributed by atoms with E-state index in [9.17, 15) is 4.79 Å². The van der Waals surface area contributed by atoms with Crippen molar-refractivity contribution < 1.29 is 9.90 Å². The van der Waals surface area contributed by atoms with Gasteiger partial charge in [0.05, 0.1) is 12.3 Å². The Kier molecular flexibility index (Phi) is 5.67. The number of carbonyl (C=O) groups is 1. The van der Waals surface area contributed by atoms with Crippen LogP contribution in [0.1, 0.15) is 61.1 Å². The smallest absolute Gasteiger partial charge is 0.268 e. The Bertz CT molecular complexity index is 982. The number of imidazole rings is 1. The minimum Gasteiger partial charge on any atom is -0.395 e. The molecule has 1 amide bonds. The summed E-state index contributed by atoms with van der Waals surface area (Å²) < 4.78 is 1.96. The van der Waals surface area contributed by atoms with Crippen LogP contribution in [0.25, 0.3) is 5.65 Å². The van der Waals surface area contributed by atoms with Crippen molar-refractivity contribution in [1.29, 1.82) is 0 Å². The number of aliphatic hydroxyl groups excluding tert-OH is 1. The van der Waals surface area contributed by atoms with E-state index in [1.807, 2.05) is 28.8 Å². The quantitative estimate of drug-likeness (QED) is 0.574. The molecule has 7 nitrogen and oxygen atoms in total. The van der Waals surface area contributed by atoms with Crippen molar-refractivity contribution in [1.82, 2.24) is 24.9 Å². The van der Waals surface area contributed by atoms with Gasteiger partial charge < -0.3 is 15.7 Å². The molecule has 1 saturated heterocycles.